The molecule has 1 fully saturated rings. The normalized spacial score (nSPS) is 16.2. The van der Waals surface area contributed by atoms with E-state index in [1.807, 2.05) is 24.3 Å². The van der Waals surface area contributed by atoms with Gasteiger partial charge in [0.1, 0.15) is 5.75 Å². The number of halogens is 1. The van der Waals surface area contributed by atoms with E-state index < -0.39 is 0 Å². The molecule has 0 aromatic heterocycles. The molecule has 0 radical (unpaired) electrons. The number of nitrogens with zero attached hydrogens (tertiary/aromatic N) is 1. The summed E-state index contributed by atoms with van der Waals surface area (Å²) in [5, 5.41) is 9.69. The lowest BCUT2D eigenvalue weighted by Crippen LogP contribution is -2.38. The minimum absolute atomic E-state index is 0. The van der Waals surface area contributed by atoms with Gasteiger partial charge >= 0.3 is 0 Å². The molecule has 3 N–H and O–H groups in total. The molecule has 1 aromatic carbocycles. The molecule has 2 aliphatic carbocycles. The van der Waals surface area contributed by atoms with Crippen molar-refractivity contribution >= 4 is 35.8 Å². The Morgan fingerprint density at radius 2 is 1.83 bits per heavy atom. The Labute approximate surface area is 197 Å². The van der Waals surface area contributed by atoms with Crippen LogP contribution in [-0.2, 0) is 11.2 Å². The van der Waals surface area contributed by atoms with Crippen molar-refractivity contribution in [2.75, 3.05) is 26.7 Å². The van der Waals surface area contributed by atoms with Gasteiger partial charge in [-0.15, -0.1) is 24.0 Å². The molecule has 0 atom stereocenters. The predicted octanol–water partition coefficient (Wildman–Crippen LogP) is 3.56. The van der Waals surface area contributed by atoms with E-state index in [1.165, 1.54) is 31.2 Å². The van der Waals surface area contributed by atoms with Crippen molar-refractivity contribution in [2.24, 2.45) is 4.99 Å². The van der Waals surface area contributed by atoms with Gasteiger partial charge < -0.3 is 20.7 Å². The third-order valence-electron chi connectivity index (χ3n) is 5.29. The van der Waals surface area contributed by atoms with Crippen LogP contribution >= 0.6 is 24.0 Å². The molecule has 0 saturated heterocycles. The number of rotatable bonds is 10. The topological polar surface area (TPSA) is 74.8 Å². The second kappa shape index (κ2) is 13.5. The lowest BCUT2D eigenvalue weighted by molar-refractivity contribution is -0.123. The Morgan fingerprint density at radius 1 is 1.10 bits per heavy atom. The zero-order valence-corrected chi connectivity index (χ0v) is 20.2. The monoisotopic (exact) mass is 526 g/mol. The number of hydrogen-bond acceptors (Lipinski definition) is 3. The van der Waals surface area contributed by atoms with Crippen LogP contribution in [0, 0.1) is 0 Å². The first-order valence-corrected chi connectivity index (χ1v) is 10.9. The maximum absolute atomic E-state index is 11.7. The average molecular weight is 526 g/mol. The van der Waals surface area contributed by atoms with Crippen LogP contribution in [0.5, 0.6) is 5.75 Å². The molecule has 0 heterocycles. The first kappa shape index (κ1) is 24.5. The van der Waals surface area contributed by atoms with E-state index in [0.29, 0.717) is 6.04 Å². The van der Waals surface area contributed by atoms with Gasteiger partial charge in [0, 0.05) is 26.2 Å². The summed E-state index contributed by atoms with van der Waals surface area (Å²) in [7, 11) is 1.81. The number of carbonyl (C=O) groups is 1. The van der Waals surface area contributed by atoms with Gasteiger partial charge in [-0.25, -0.2) is 0 Å². The van der Waals surface area contributed by atoms with E-state index in [2.05, 4.69) is 27.0 Å². The van der Waals surface area contributed by atoms with E-state index >= 15 is 0 Å². The van der Waals surface area contributed by atoms with Gasteiger partial charge in [0.25, 0.3) is 5.91 Å². The summed E-state index contributed by atoms with van der Waals surface area (Å²) in [6.45, 7) is 1.81. The van der Waals surface area contributed by atoms with Gasteiger partial charge in [0.15, 0.2) is 12.6 Å². The Bertz CT molecular complexity index is 714. The number of guanidine groups is 1. The van der Waals surface area contributed by atoms with Crippen molar-refractivity contribution in [3.63, 3.8) is 0 Å². The van der Waals surface area contributed by atoms with Crippen molar-refractivity contribution in [3.05, 3.63) is 41.5 Å². The van der Waals surface area contributed by atoms with E-state index in [0.717, 1.165) is 50.5 Å². The first-order valence-electron chi connectivity index (χ1n) is 10.9. The molecule has 0 bridgehead atoms. The summed E-state index contributed by atoms with van der Waals surface area (Å²) in [4.78, 5) is 16.0. The Kier molecular flexibility index (Phi) is 11.0. The molecule has 1 amide bonds. The van der Waals surface area contributed by atoms with Gasteiger partial charge in [0.2, 0.25) is 0 Å². The maximum Gasteiger partial charge on any atom is 0.258 e. The van der Waals surface area contributed by atoms with Crippen LogP contribution in [0.2, 0.25) is 0 Å². The molecular formula is C23H35IN4O2. The number of aliphatic imine (C=N–C) groups is 1. The minimum atomic E-state index is -0.0422. The van der Waals surface area contributed by atoms with Crippen molar-refractivity contribution in [3.8, 4) is 5.75 Å². The van der Waals surface area contributed by atoms with Crippen molar-refractivity contribution < 1.29 is 9.53 Å². The molecule has 7 heteroatoms. The zero-order valence-electron chi connectivity index (χ0n) is 17.9. The van der Waals surface area contributed by atoms with E-state index in [4.69, 9.17) is 4.74 Å². The molecule has 2 aliphatic rings. The summed E-state index contributed by atoms with van der Waals surface area (Å²) in [5.74, 6) is 1.53. The third-order valence-corrected chi connectivity index (χ3v) is 5.29. The Balaban J connectivity index is 0.00000320. The highest BCUT2D eigenvalue weighted by molar-refractivity contribution is 14.0. The van der Waals surface area contributed by atoms with Crippen LogP contribution in [0.1, 0.15) is 50.5 Å². The minimum Gasteiger partial charge on any atom is -0.484 e. The fourth-order valence-corrected chi connectivity index (χ4v) is 3.42. The molecule has 1 saturated carbocycles. The molecule has 1 aromatic rings. The quantitative estimate of drug-likeness (QED) is 0.189. The van der Waals surface area contributed by atoms with Gasteiger partial charge in [-0.3, -0.25) is 9.79 Å². The Morgan fingerprint density at radius 3 is 2.47 bits per heavy atom. The average Bonchev–Trinajstić information content (AvgIpc) is 3.57. The molecular weight excluding hydrogens is 491 g/mol. The van der Waals surface area contributed by atoms with Crippen LogP contribution < -0.4 is 20.7 Å². The lowest BCUT2D eigenvalue weighted by Gasteiger charge is -2.15. The van der Waals surface area contributed by atoms with Gasteiger partial charge in [-0.2, -0.15) is 0 Å². The second-order valence-electron chi connectivity index (χ2n) is 7.81. The molecule has 6 nitrogen and oxygen atoms in total. The first-order chi connectivity index (χ1) is 14.2. The Hall–Kier alpha value is -1.77. The largest absolute Gasteiger partial charge is 0.484 e. The molecule has 0 aliphatic heterocycles. The fraction of sp³-hybridized carbons (Fsp3) is 0.565. The van der Waals surface area contributed by atoms with Gasteiger partial charge in [0.05, 0.1) is 0 Å². The van der Waals surface area contributed by atoms with E-state index in [-0.39, 0.29) is 36.5 Å². The van der Waals surface area contributed by atoms with Crippen LogP contribution in [0.15, 0.2) is 40.9 Å². The lowest BCUT2D eigenvalue weighted by atomic mass is 9.97. The van der Waals surface area contributed by atoms with Gasteiger partial charge in [-0.05, 0) is 69.1 Å². The summed E-state index contributed by atoms with van der Waals surface area (Å²) in [6.07, 6.45) is 11.7. The predicted molar refractivity (Wildman–Crippen MR) is 133 cm³/mol. The summed E-state index contributed by atoms with van der Waals surface area (Å²) < 4.78 is 5.54. The number of amides is 1. The molecule has 0 unspecified atom stereocenters. The molecule has 166 valence electrons. The highest BCUT2D eigenvalue weighted by Crippen LogP contribution is 2.19. The van der Waals surface area contributed by atoms with Crippen LogP contribution in [0.3, 0.4) is 0 Å². The van der Waals surface area contributed by atoms with Crippen LogP contribution in [-0.4, -0.2) is 44.7 Å². The summed E-state index contributed by atoms with van der Waals surface area (Å²) in [5.41, 5.74) is 2.79. The van der Waals surface area contributed by atoms with Crippen molar-refractivity contribution in [1.29, 1.82) is 0 Å². The number of nitrogens with one attached hydrogen (secondary N) is 3. The van der Waals surface area contributed by atoms with E-state index in [9.17, 15) is 4.79 Å². The highest BCUT2D eigenvalue weighted by atomic mass is 127. The smallest absolute Gasteiger partial charge is 0.258 e. The van der Waals surface area contributed by atoms with Crippen molar-refractivity contribution in [2.45, 2.75) is 57.4 Å². The van der Waals surface area contributed by atoms with Gasteiger partial charge in [-0.1, -0.05) is 23.8 Å². The molecule has 30 heavy (non-hydrogen) atoms. The molecule has 0 spiro atoms. The summed E-state index contributed by atoms with van der Waals surface area (Å²) >= 11 is 0. The number of benzene rings is 1. The standard InChI is InChI=1S/C23H34N4O2.HI/c1-24-23(25-15-13-18-5-3-2-4-6-18)26-16-14-19-7-11-21(12-8-19)29-17-22(28)27-20-9-10-20;/h5,7-8,11-12,20H,2-4,6,9-10,13-17H2,1H3,(H,27,28)(H2,24,25,26);1H. The number of ether oxygens (including phenoxy) is 1. The summed E-state index contributed by atoms with van der Waals surface area (Å²) in [6, 6.07) is 8.30. The number of allylic oxidation sites excluding steroid dienone is 1. The van der Waals surface area contributed by atoms with Crippen LogP contribution in [0.25, 0.3) is 0 Å². The number of hydrogen-bond donors (Lipinski definition) is 3. The fourth-order valence-electron chi connectivity index (χ4n) is 3.42. The zero-order chi connectivity index (χ0) is 20.3. The molecule has 3 rings (SSSR count). The highest BCUT2D eigenvalue weighted by Gasteiger charge is 2.23. The van der Waals surface area contributed by atoms with E-state index in [1.54, 1.807) is 12.6 Å². The maximum atomic E-state index is 11.7. The third kappa shape index (κ3) is 9.36. The second-order valence-corrected chi connectivity index (χ2v) is 7.81. The SMILES string of the molecule is CN=C(NCCC1=CCCCC1)NCCc1ccc(OCC(=O)NC2CC2)cc1.I. The van der Waals surface area contributed by atoms with Crippen molar-refractivity contribution in [1.82, 2.24) is 16.0 Å². The number of carbonyl (C=O) groups excluding carboxylic acids is 1. The van der Waals surface area contributed by atoms with Crippen LogP contribution in [0.4, 0.5) is 0 Å².